The van der Waals surface area contributed by atoms with Gasteiger partial charge in [0.25, 0.3) is 11.6 Å². The molecule has 0 saturated carbocycles. The van der Waals surface area contributed by atoms with Crippen molar-refractivity contribution in [2.24, 2.45) is 0 Å². The molecule has 0 unspecified atom stereocenters. The van der Waals surface area contributed by atoms with Crippen molar-refractivity contribution in [2.75, 3.05) is 18.9 Å². The number of carbonyl (C=O) groups excluding carboxylic acids is 2. The number of anilines is 1. The SMILES string of the molecule is CN(CC(=O)Nc1ccccc1C(=O)NCc1ccccc1)Cc1cc([N+](=O)[O-])ccc1Cl. The van der Waals surface area contributed by atoms with Gasteiger partial charge in [-0.1, -0.05) is 54.1 Å². The van der Waals surface area contributed by atoms with Gasteiger partial charge in [-0.3, -0.25) is 24.6 Å². The Hall–Kier alpha value is -3.75. The van der Waals surface area contributed by atoms with Gasteiger partial charge in [0.1, 0.15) is 0 Å². The van der Waals surface area contributed by atoms with Crippen molar-refractivity contribution < 1.29 is 14.5 Å². The number of carbonyl (C=O) groups is 2. The average molecular weight is 467 g/mol. The van der Waals surface area contributed by atoms with Crippen LogP contribution < -0.4 is 10.6 Å². The first-order valence-corrected chi connectivity index (χ1v) is 10.5. The van der Waals surface area contributed by atoms with Crippen molar-refractivity contribution in [3.05, 3.63) is 105 Å². The summed E-state index contributed by atoms with van der Waals surface area (Å²) in [5.74, 6) is -0.631. The van der Waals surface area contributed by atoms with Crippen molar-refractivity contribution >= 4 is 34.8 Å². The zero-order valence-electron chi connectivity index (χ0n) is 18.0. The molecule has 170 valence electrons. The molecule has 3 rings (SSSR count). The number of halogens is 1. The molecule has 0 aliphatic carbocycles. The molecule has 0 saturated heterocycles. The molecule has 0 aromatic heterocycles. The third-order valence-electron chi connectivity index (χ3n) is 4.84. The van der Waals surface area contributed by atoms with E-state index in [4.69, 9.17) is 11.6 Å². The molecule has 0 heterocycles. The normalized spacial score (nSPS) is 10.6. The van der Waals surface area contributed by atoms with Crippen LogP contribution in [-0.2, 0) is 17.9 Å². The Morgan fingerprint density at radius 1 is 1.03 bits per heavy atom. The first-order valence-electron chi connectivity index (χ1n) is 10.2. The highest BCUT2D eigenvalue weighted by Gasteiger charge is 2.16. The van der Waals surface area contributed by atoms with Crippen molar-refractivity contribution in [3.63, 3.8) is 0 Å². The molecule has 8 nitrogen and oxygen atoms in total. The highest BCUT2D eigenvalue weighted by atomic mass is 35.5. The minimum atomic E-state index is -0.494. The van der Waals surface area contributed by atoms with Gasteiger partial charge in [-0.25, -0.2) is 0 Å². The van der Waals surface area contributed by atoms with E-state index in [1.54, 1.807) is 36.2 Å². The summed E-state index contributed by atoms with van der Waals surface area (Å²) in [5.41, 5.74) is 2.19. The fourth-order valence-electron chi connectivity index (χ4n) is 3.24. The molecular formula is C24H23ClN4O4. The van der Waals surface area contributed by atoms with Crippen molar-refractivity contribution in [2.45, 2.75) is 13.1 Å². The second kappa shape index (κ2) is 11.2. The number of nitrogens with one attached hydrogen (secondary N) is 2. The molecule has 33 heavy (non-hydrogen) atoms. The maximum Gasteiger partial charge on any atom is 0.269 e. The number of rotatable bonds is 9. The van der Waals surface area contributed by atoms with Crippen LogP contribution in [0.15, 0.2) is 72.8 Å². The standard InChI is InChI=1S/C24H23ClN4O4/c1-28(15-18-13-19(29(32)33)11-12-21(18)25)16-23(30)27-22-10-6-5-9-20(22)24(31)26-14-17-7-3-2-4-8-17/h2-13H,14-16H2,1H3,(H,26,31)(H,27,30). The highest BCUT2D eigenvalue weighted by molar-refractivity contribution is 6.31. The van der Waals surface area contributed by atoms with E-state index in [9.17, 15) is 19.7 Å². The number of likely N-dealkylation sites (N-methyl/N-ethyl adjacent to an activating group) is 1. The fourth-order valence-corrected chi connectivity index (χ4v) is 3.42. The number of nitrogens with zero attached hydrogens (tertiary/aromatic N) is 2. The molecule has 0 spiro atoms. The number of hydrogen-bond donors (Lipinski definition) is 2. The Balaban J connectivity index is 1.61. The quantitative estimate of drug-likeness (QED) is 0.362. The lowest BCUT2D eigenvalue weighted by molar-refractivity contribution is -0.384. The zero-order valence-corrected chi connectivity index (χ0v) is 18.7. The predicted molar refractivity (Wildman–Crippen MR) is 127 cm³/mol. The molecule has 3 aromatic rings. The van der Waals surface area contributed by atoms with Crippen molar-refractivity contribution in [1.82, 2.24) is 10.2 Å². The minimum absolute atomic E-state index is 0.00100. The van der Waals surface area contributed by atoms with Crippen molar-refractivity contribution in [1.29, 1.82) is 0 Å². The van der Waals surface area contributed by atoms with E-state index in [-0.39, 0.29) is 30.6 Å². The summed E-state index contributed by atoms with van der Waals surface area (Å²) in [6.07, 6.45) is 0. The molecule has 0 radical (unpaired) electrons. The highest BCUT2D eigenvalue weighted by Crippen LogP contribution is 2.23. The van der Waals surface area contributed by atoms with Crippen LogP contribution in [0.3, 0.4) is 0 Å². The van der Waals surface area contributed by atoms with E-state index in [1.165, 1.54) is 18.2 Å². The van der Waals surface area contributed by atoms with Gasteiger partial charge in [0.15, 0.2) is 0 Å². The Kier molecular flexibility index (Phi) is 8.12. The second-order valence-corrected chi connectivity index (χ2v) is 7.87. The molecule has 0 fully saturated rings. The van der Waals surface area contributed by atoms with Crippen LogP contribution in [0.4, 0.5) is 11.4 Å². The average Bonchev–Trinajstić information content (AvgIpc) is 2.79. The summed E-state index contributed by atoms with van der Waals surface area (Å²) in [6, 6.07) is 20.5. The maximum atomic E-state index is 12.7. The molecule has 3 aromatic carbocycles. The summed E-state index contributed by atoms with van der Waals surface area (Å²) >= 11 is 6.15. The number of amides is 2. The third-order valence-corrected chi connectivity index (χ3v) is 5.20. The zero-order chi connectivity index (χ0) is 23.8. The Labute approximate surface area is 196 Å². The minimum Gasteiger partial charge on any atom is -0.348 e. The maximum absolute atomic E-state index is 12.7. The van der Waals surface area contributed by atoms with E-state index in [1.807, 2.05) is 30.3 Å². The Bertz CT molecular complexity index is 1150. The van der Waals surface area contributed by atoms with E-state index in [0.717, 1.165) is 5.56 Å². The molecule has 9 heteroatoms. The Morgan fingerprint density at radius 2 is 1.73 bits per heavy atom. The van der Waals surface area contributed by atoms with Gasteiger partial charge in [0.05, 0.1) is 22.7 Å². The molecular weight excluding hydrogens is 444 g/mol. The monoisotopic (exact) mass is 466 g/mol. The van der Waals surface area contributed by atoms with E-state index < -0.39 is 4.92 Å². The van der Waals surface area contributed by atoms with Gasteiger partial charge < -0.3 is 10.6 Å². The number of nitro benzene ring substituents is 1. The smallest absolute Gasteiger partial charge is 0.269 e. The summed E-state index contributed by atoms with van der Waals surface area (Å²) in [7, 11) is 1.70. The first-order chi connectivity index (χ1) is 15.8. The first kappa shape index (κ1) is 23.9. The lowest BCUT2D eigenvalue weighted by atomic mass is 10.1. The van der Waals surface area contributed by atoms with Gasteiger partial charge in [-0.15, -0.1) is 0 Å². The summed E-state index contributed by atoms with van der Waals surface area (Å²) in [5, 5.41) is 17.0. The van der Waals surface area contributed by atoms with Gasteiger partial charge in [0, 0.05) is 30.2 Å². The summed E-state index contributed by atoms with van der Waals surface area (Å²) < 4.78 is 0. The molecule has 0 bridgehead atoms. The third kappa shape index (κ3) is 6.86. The summed E-state index contributed by atoms with van der Waals surface area (Å²) in [4.78, 5) is 37.4. The molecule has 0 aliphatic rings. The van der Waals surface area contributed by atoms with Crippen LogP contribution in [0.1, 0.15) is 21.5 Å². The number of para-hydroxylation sites is 1. The van der Waals surface area contributed by atoms with Gasteiger partial charge in [-0.2, -0.15) is 0 Å². The largest absolute Gasteiger partial charge is 0.348 e. The number of nitro groups is 1. The van der Waals surface area contributed by atoms with Crippen LogP contribution in [0.25, 0.3) is 0 Å². The summed E-state index contributed by atoms with van der Waals surface area (Å²) in [6.45, 7) is 0.612. The Morgan fingerprint density at radius 3 is 2.45 bits per heavy atom. The molecule has 2 N–H and O–H groups in total. The van der Waals surface area contributed by atoms with Crippen LogP contribution in [0, 0.1) is 10.1 Å². The number of benzene rings is 3. The van der Waals surface area contributed by atoms with E-state index in [0.29, 0.717) is 28.4 Å². The van der Waals surface area contributed by atoms with Crippen molar-refractivity contribution in [3.8, 4) is 0 Å². The van der Waals surface area contributed by atoms with Gasteiger partial charge in [0.2, 0.25) is 5.91 Å². The van der Waals surface area contributed by atoms with Crippen LogP contribution >= 0.6 is 11.6 Å². The molecule has 2 amide bonds. The topological polar surface area (TPSA) is 105 Å². The predicted octanol–water partition coefficient (Wildman–Crippen LogP) is 4.25. The van der Waals surface area contributed by atoms with Gasteiger partial charge >= 0.3 is 0 Å². The molecule has 0 aliphatic heterocycles. The van der Waals surface area contributed by atoms with Crippen LogP contribution in [0.5, 0.6) is 0 Å². The second-order valence-electron chi connectivity index (χ2n) is 7.47. The van der Waals surface area contributed by atoms with Crippen LogP contribution in [0.2, 0.25) is 5.02 Å². The van der Waals surface area contributed by atoms with E-state index >= 15 is 0 Å². The fraction of sp³-hybridized carbons (Fsp3) is 0.167. The van der Waals surface area contributed by atoms with Gasteiger partial charge in [-0.05, 0) is 36.4 Å². The number of hydrogen-bond acceptors (Lipinski definition) is 5. The van der Waals surface area contributed by atoms with E-state index in [2.05, 4.69) is 10.6 Å². The van der Waals surface area contributed by atoms with Crippen LogP contribution in [-0.4, -0.2) is 35.2 Å². The molecule has 0 atom stereocenters. The lowest BCUT2D eigenvalue weighted by Gasteiger charge is -2.18. The number of non-ortho nitro benzene ring substituents is 1. The lowest BCUT2D eigenvalue weighted by Crippen LogP contribution is -2.31.